The number of hydrogen-bond acceptors (Lipinski definition) is 5. The Bertz CT molecular complexity index is 419. The molecular formula is C13H21ClN4O. The lowest BCUT2D eigenvalue weighted by molar-refractivity contribution is 0.0344. The van der Waals surface area contributed by atoms with E-state index in [4.69, 9.17) is 11.6 Å². The first-order valence-corrected chi connectivity index (χ1v) is 6.92. The minimum Gasteiger partial charge on any atom is -0.389 e. The van der Waals surface area contributed by atoms with Crippen molar-refractivity contribution in [2.24, 2.45) is 0 Å². The second kappa shape index (κ2) is 5.61. The van der Waals surface area contributed by atoms with Crippen molar-refractivity contribution in [1.29, 1.82) is 0 Å². The molecule has 1 N–H and O–H groups in total. The molecule has 19 heavy (non-hydrogen) atoms. The van der Waals surface area contributed by atoms with E-state index in [0.717, 1.165) is 32.0 Å². The summed E-state index contributed by atoms with van der Waals surface area (Å²) < 4.78 is 0. The van der Waals surface area contributed by atoms with Gasteiger partial charge >= 0.3 is 0 Å². The molecule has 1 aliphatic rings. The molecule has 1 aliphatic heterocycles. The summed E-state index contributed by atoms with van der Waals surface area (Å²) in [6, 6.07) is 1.81. The van der Waals surface area contributed by atoms with Gasteiger partial charge in [0.2, 0.25) is 0 Å². The Labute approximate surface area is 119 Å². The summed E-state index contributed by atoms with van der Waals surface area (Å²) in [6.45, 7) is 9.85. The summed E-state index contributed by atoms with van der Waals surface area (Å²) in [5.41, 5.74) is -0.642. The van der Waals surface area contributed by atoms with Crippen LogP contribution in [0.15, 0.2) is 6.07 Å². The highest BCUT2D eigenvalue weighted by Crippen LogP contribution is 2.18. The van der Waals surface area contributed by atoms with E-state index < -0.39 is 5.60 Å². The maximum Gasteiger partial charge on any atom is 0.134 e. The van der Waals surface area contributed by atoms with Crippen molar-refractivity contribution in [1.82, 2.24) is 14.9 Å². The number of aliphatic hydroxyl groups is 1. The van der Waals surface area contributed by atoms with Crippen molar-refractivity contribution in [3.05, 3.63) is 17.0 Å². The molecule has 0 spiro atoms. The van der Waals surface area contributed by atoms with E-state index >= 15 is 0 Å². The Morgan fingerprint density at radius 3 is 2.42 bits per heavy atom. The topological polar surface area (TPSA) is 52.5 Å². The second-order valence-electron chi connectivity index (χ2n) is 5.67. The molecule has 0 atom stereocenters. The van der Waals surface area contributed by atoms with Gasteiger partial charge in [0.05, 0.1) is 5.60 Å². The van der Waals surface area contributed by atoms with Crippen LogP contribution in [0.4, 0.5) is 5.82 Å². The molecule has 1 aromatic rings. The van der Waals surface area contributed by atoms with Gasteiger partial charge in [-0.05, 0) is 20.8 Å². The number of aromatic nitrogens is 2. The average Bonchev–Trinajstić information content (AvgIpc) is 2.26. The van der Waals surface area contributed by atoms with Gasteiger partial charge in [-0.15, -0.1) is 0 Å². The van der Waals surface area contributed by atoms with Crippen molar-refractivity contribution < 1.29 is 5.11 Å². The lowest BCUT2D eigenvalue weighted by Crippen LogP contribution is -2.50. The van der Waals surface area contributed by atoms with Gasteiger partial charge in [0.15, 0.2) is 0 Å². The third-order valence-electron chi connectivity index (χ3n) is 3.10. The Kier molecular flexibility index (Phi) is 4.28. The van der Waals surface area contributed by atoms with Crippen LogP contribution in [-0.2, 0) is 0 Å². The first-order valence-electron chi connectivity index (χ1n) is 6.54. The Morgan fingerprint density at radius 1 is 1.26 bits per heavy atom. The molecular weight excluding hydrogens is 264 g/mol. The van der Waals surface area contributed by atoms with Crippen LogP contribution in [0.5, 0.6) is 0 Å². The number of piperazine rings is 1. The highest BCUT2D eigenvalue weighted by molar-refractivity contribution is 6.29. The third-order valence-corrected chi connectivity index (χ3v) is 3.29. The Morgan fingerprint density at radius 2 is 1.89 bits per heavy atom. The zero-order valence-electron chi connectivity index (χ0n) is 11.7. The van der Waals surface area contributed by atoms with Crippen molar-refractivity contribution >= 4 is 17.4 Å². The lowest BCUT2D eigenvalue weighted by atomic mass is 10.1. The van der Waals surface area contributed by atoms with Crippen molar-refractivity contribution in [2.75, 3.05) is 37.6 Å². The van der Waals surface area contributed by atoms with Crippen molar-refractivity contribution in [3.63, 3.8) is 0 Å². The van der Waals surface area contributed by atoms with E-state index in [-0.39, 0.29) is 0 Å². The maximum atomic E-state index is 9.83. The van der Waals surface area contributed by atoms with E-state index in [0.29, 0.717) is 17.5 Å². The van der Waals surface area contributed by atoms with Crippen LogP contribution in [0, 0.1) is 6.92 Å². The Balaban J connectivity index is 1.96. The smallest absolute Gasteiger partial charge is 0.134 e. The molecule has 0 unspecified atom stereocenters. The van der Waals surface area contributed by atoms with Gasteiger partial charge in [0.1, 0.15) is 16.8 Å². The van der Waals surface area contributed by atoms with Gasteiger partial charge in [-0.25, -0.2) is 9.97 Å². The van der Waals surface area contributed by atoms with Gasteiger partial charge < -0.3 is 10.0 Å². The molecule has 106 valence electrons. The van der Waals surface area contributed by atoms with Crippen LogP contribution >= 0.6 is 11.6 Å². The third kappa shape index (κ3) is 4.30. The standard InChI is InChI=1S/C13H21ClN4O/c1-10-15-11(14)8-12(16-10)18-6-4-17(5-7-18)9-13(2,3)19/h8,19H,4-7,9H2,1-3H3. The van der Waals surface area contributed by atoms with Gasteiger partial charge in [0.25, 0.3) is 0 Å². The number of hydrogen-bond donors (Lipinski definition) is 1. The number of anilines is 1. The van der Waals surface area contributed by atoms with Crippen LogP contribution in [-0.4, -0.2) is 58.3 Å². The molecule has 0 aliphatic carbocycles. The molecule has 2 rings (SSSR count). The normalized spacial score (nSPS) is 17.8. The molecule has 0 radical (unpaired) electrons. The number of aryl methyl sites for hydroxylation is 1. The lowest BCUT2D eigenvalue weighted by Gasteiger charge is -2.37. The SMILES string of the molecule is Cc1nc(Cl)cc(N2CCN(CC(C)(C)O)CC2)n1. The van der Waals surface area contributed by atoms with Crippen molar-refractivity contribution in [2.45, 2.75) is 26.4 Å². The summed E-state index contributed by atoms with van der Waals surface area (Å²) in [7, 11) is 0. The zero-order valence-corrected chi connectivity index (χ0v) is 12.5. The molecule has 0 amide bonds. The highest BCUT2D eigenvalue weighted by Gasteiger charge is 2.23. The first-order chi connectivity index (χ1) is 8.83. The molecule has 5 nitrogen and oxygen atoms in total. The molecule has 2 heterocycles. The first kappa shape index (κ1) is 14.5. The van der Waals surface area contributed by atoms with E-state index in [2.05, 4.69) is 19.8 Å². The number of rotatable bonds is 3. The van der Waals surface area contributed by atoms with Gasteiger partial charge in [-0.2, -0.15) is 0 Å². The molecule has 1 saturated heterocycles. The van der Waals surface area contributed by atoms with Crippen LogP contribution < -0.4 is 4.90 Å². The minimum absolute atomic E-state index is 0.487. The summed E-state index contributed by atoms with van der Waals surface area (Å²) in [6.07, 6.45) is 0. The fraction of sp³-hybridized carbons (Fsp3) is 0.692. The molecule has 0 aromatic carbocycles. The van der Waals surface area contributed by atoms with Crippen LogP contribution in [0.25, 0.3) is 0 Å². The quantitative estimate of drug-likeness (QED) is 0.849. The number of halogens is 1. The average molecular weight is 285 g/mol. The van der Waals surface area contributed by atoms with E-state index in [9.17, 15) is 5.11 Å². The van der Waals surface area contributed by atoms with Gasteiger partial charge in [0, 0.05) is 38.8 Å². The summed E-state index contributed by atoms with van der Waals surface area (Å²) in [4.78, 5) is 13.0. The van der Waals surface area contributed by atoms with Crippen molar-refractivity contribution in [3.8, 4) is 0 Å². The van der Waals surface area contributed by atoms with E-state index in [1.54, 1.807) is 6.07 Å². The van der Waals surface area contributed by atoms with E-state index in [1.807, 2.05) is 20.8 Å². The molecule has 1 aromatic heterocycles. The second-order valence-corrected chi connectivity index (χ2v) is 6.06. The molecule has 0 saturated carbocycles. The fourth-order valence-corrected chi connectivity index (χ4v) is 2.58. The molecule has 6 heteroatoms. The van der Waals surface area contributed by atoms with Gasteiger partial charge in [-0.1, -0.05) is 11.6 Å². The van der Waals surface area contributed by atoms with Crippen LogP contribution in [0.1, 0.15) is 19.7 Å². The molecule has 0 bridgehead atoms. The zero-order chi connectivity index (χ0) is 14.0. The fourth-order valence-electron chi connectivity index (χ4n) is 2.36. The maximum absolute atomic E-state index is 9.83. The van der Waals surface area contributed by atoms with Crippen LogP contribution in [0.3, 0.4) is 0 Å². The summed E-state index contributed by atoms with van der Waals surface area (Å²) >= 11 is 5.96. The Hall–Kier alpha value is -0.910. The summed E-state index contributed by atoms with van der Waals surface area (Å²) in [5, 5.41) is 10.3. The largest absolute Gasteiger partial charge is 0.389 e. The van der Waals surface area contributed by atoms with Gasteiger partial charge in [-0.3, -0.25) is 4.90 Å². The predicted octanol–water partition coefficient (Wildman–Crippen LogP) is 1.33. The predicted molar refractivity (Wildman–Crippen MR) is 76.7 cm³/mol. The van der Waals surface area contributed by atoms with Crippen LogP contribution in [0.2, 0.25) is 5.15 Å². The van der Waals surface area contributed by atoms with E-state index in [1.165, 1.54) is 0 Å². The number of nitrogens with zero attached hydrogens (tertiary/aromatic N) is 4. The minimum atomic E-state index is -0.642. The monoisotopic (exact) mass is 284 g/mol. The molecule has 1 fully saturated rings. The highest BCUT2D eigenvalue weighted by atomic mass is 35.5. The summed E-state index contributed by atoms with van der Waals surface area (Å²) in [5.74, 6) is 1.59. The number of β-amino-alcohol motifs (C(OH)–C–C–N with tert-alkyl or cyclic N) is 1.